The Hall–Kier alpha value is -4.85. The number of carbonyl (C=O) groups is 1. The maximum atomic E-state index is 13.7. The van der Waals surface area contributed by atoms with Crippen LogP contribution < -0.4 is 9.46 Å². The van der Waals surface area contributed by atoms with Crippen LogP contribution in [0, 0.1) is 0 Å². The first-order chi connectivity index (χ1) is 25.9. The van der Waals surface area contributed by atoms with E-state index >= 15 is 0 Å². The SMILES string of the molecule is COc1cccc(CN(CCSc2ccccc2)Cc2ccc(SNC(=O)c3ccc4c(ccn4Cc4ccc(C(F)(F)F)cc4C(F)(F)F)c3)cc2)c1. The first kappa shape index (κ1) is 38.9. The molecule has 1 heterocycles. The third kappa shape index (κ3) is 10.2. The Morgan fingerprint density at radius 3 is 2.24 bits per heavy atom. The fraction of sp³-hybridized carbons (Fsp3) is 0.195. The highest BCUT2D eigenvalue weighted by molar-refractivity contribution is 7.99. The van der Waals surface area contributed by atoms with Crippen LogP contribution in [0.25, 0.3) is 10.9 Å². The lowest BCUT2D eigenvalue weighted by atomic mass is 10.0. The zero-order valence-corrected chi connectivity index (χ0v) is 30.6. The van der Waals surface area contributed by atoms with Gasteiger partial charge in [0.25, 0.3) is 5.91 Å². The molecule has 0 aliphatic carbocycles. The fourth-order valence-corrected chi connectivity index (χ4v) is 7.49. The quantitative estimate of drug-likeness (QED) is 0.0678. The highest BCUT2D eigenvalue weighted by Crippen LogP contribution is 2.38. The molecule has 0 saturated heterocycles. The van der Waals surface area contributed by atoms with Gasteiger partial charge in [-0.25, -0.2) is 0 Å². The number of thioether (sulfide) groups is 1. The number of nitrogens with zero attached hydrogens (tertiary/aromatic N) is 2. The summed E-state index contributed by atoms with van der Waals surface area (Å²) in [6.45, 7) is 2.02. The van der Waals surface area contributed by atoms with E-state index in [1.54, 1.807) is 37.6 Å². The van der Waals surface area contributed by atoms with Gasteiger partial charge in [-0.1, -0.05) is 48.5 Å². The van der Waals surface area contributed by atoms with Gasteiger partial charge in [0.2, 0.25) is 0 Å². The molecule has 1 amide bonds. The number of fused-ring (bicyclic) bond motifs is 1. The summed E-state index contributed by atoms with van der Waals surface area (Å²) >= 11 is 2.98. The number of hydrogen-bond acceptors (Lipinski definition) is 5. The number of nitrogens with one attached hydrogen (secondary N) is 1. The second kappa shape index (κ2) is 17.1. The predicted molar refractivity (Wildman–Crippen MR) is 202 cm³/mol. The van der Waals surface area contributed by atoms with E-state index in [1.165, 1.54) is 21.4 Å². The smallest absolute Gasteiger partial charge is 0.416 e. The first-order valence-corrected chi connectivity index (χ1v) is 18.6. The molecule has 0 unspecified atom stereocenters. The number of methoxy groups -OCH3 is 1. The molecule has 5 nitrogen and oxygen atoms in total. The molecular weight excluding hydrogens is 745 g/mol. The Morgan fingerprint density at radius 2 is 1.52 bits per heavy atom. The Bertz CT molecular complexity index is 2190. The number of rotatable bonds is 14. The fourth-order valence-electron chi connectivity index (χ4n) is 5.95. The predicted octanol–water partition coefficient (Wildman–Crippen LogP) is 11.0. The molecule has 0 aliphatic heterocycles. The zero-order chi connectivity index (χ0) is 38.3. The van der Waals surface area contributed by atoms with Crippen LogP contribution >= 0.6 is 23.7 Å². The van der Waals surface area contributed by atoms with Crippen molar-refractivity contribution in [3.63, 3.8) is 0 Å². The van der Waals surface area contributed by atoms with Crippen molar-refractivity contribution in [2.45, 2.75) is 41.8 Å². The summed E-state index contributed by atoms with van der Waals surface area (Å²) in [4.78, 5) is 17.5. The molecule has 0 bridgehead atoms. The maximum absolute atomic E-state index is 13.7. The van der Waals surface area contributed by atoms with E-state index < -0.39 is 23.5 Å². The van der Waals surface area contributed by atoms with Crippen LogP contribution in [-0.4, -0.2) is 34.8 Å². The summed E-state index contributed by atoms with van der Waals surface area (Å²) < 4.78 is 90.3. The Kier molecular flexibility index (Phi) is 12.3. The Morgan fingerprint density at radius 1 is 0.759 bits per heavy atom. The number of ether oxygens (including phenoxy) is 1. The van der Waals surface area contributed by atoms with E-state index in [0.29, 0.717) is 22.5 Å². The highest BCUT2D eigenvalue weighted by atomic mass is 32.2. The van der Waals surface area contributed by atoms with Crippen LogP contribution in [-0.2, 0) is 32.0 Å². The van der Waals surface area contributed by atoms with Gasteiger partial charge in [-0.2, -0.15) is 26.3 Å². The number of aromatic nitrogens is 1. The maximum Gasteiger partial charge on any atom is 0.416 e. The lowest BCUT2D eigenvalue weighted by Gasteiger charge is -2.23. The molecule has 6 rings (SSSR count). The third-order valence-corrected chi connectivity index (χ3v) is 10.5. The highest BCUT2D eigenvalue weighted by Gasteiger charge is 2.38. The van der Waals surface area contributed by atoms with Gasteiger partial charge in [-0.3, -0.25) is 14.4 Å². The molecule has 5 aromatic carbocycles. The lowest BCUT2D eigenvalue weighted by Crippen LogP contribution is -2.25. The van der Waals surface area contributed by atoms with Crippen molar-refractivity contribution in [3.8, 4) is 5.75 Å². The van der Waals surface area contributed by atoms with E-state index in [0.717, 1.165) is 53.2 Å². The first-order valence-electron chi connectivity index (χ1n) is 16.8. The summed E-state index contributed by atoms with van der Waals surface area (Å²) in [5.74, 6) is 1.37. The van der Waals surface area contributed by atoms with Crippen molar-refractivity contribution in [1.29, 1.82) is 0 Å². The van der Waals surface area contributed by atoms with Gasteiger partial charge in [-0.15, -0.1) is 11.8 Å². The summed E-state index contributed by atoms with van der Waals surface area (Å²) in [6, 6.07) is 34.4. The average molecular weight is 780 g/mol. The minimum Gasteiger partial charge on any atom is -0.497 e. The molecule has 0 spiro atoms. The molecule has 0 fully saturated rings. The van der Waals surface area contributed by atoms with E-state index in [2.05, 4.69) is 27.8 Å². The number of benzene rings is 5. The van der Waals surface area contributed by atoms with E-state index in [-0.39, 0.29) is 24.1 Å². The lowest BCUT2D eigenvalue weighted by molar-refractivity contribution is -0.143. The van der Waals surface area contributed by atoms with Crippen molar-refractivity contribution >= 4 is 40.5 Å². The molecule has 0 radical (unpaired) electrons. The monoisotopic (exact) mass is 779 g/mol. The Balaban J connectivity index is 1.07. The van der Waals surface area contributed by atoms with Crippen molar-refractivity contribution in [2.75, 3.05) is 19.4 Å². The van der Waals surface area contributed by atoms with Gasteiger partial charge in [-0.05, 0) is 101 Å². The molecule has 0 saturated carbocycles. The van der Waals surface area contributed by atoms with Crippen LogP contribution in [0.4, 0.5) is 26.3 Å². The topological polar surface area (TPSA) is 46.5 Å². The van der Waals surface area contributed by atoms with Gasteiger partial charge in [0, 0.05) is 64.4 Å². The third-order valence-electron chi connectivity index (χ3n) is 8.67. The summed E-state index contributed by atoms with van der Waals surface area (Å²) in [6.07, 6.45) is -8.33. The van der Waals surface area contributed by atoms with E-state index in [9.17, 15) is 31.1 Å². The molecule has 13 heteroatoms. The van der Waals surface area contributed by atoms with Gasteiger partial charge in [0.1, 0.15) is 5.75 Å². The van der Waals surface area contributed by atoms with Gasteiger partial charge in [0.15, 0.2) is 0 Å². The van der Waals surface area contributed by atoms with Gasteiger partial charge < -0.3 is 9.30 Å². The van der Waals surface area contributed by atoms with Gasteiger partial charge in [0.05, 0.1) is 18.2 Å². The van der Waals surface area contributed by atoms with Crippen LogP contribution in [0.2, 0.25) is 0 Å². The van der Waals surface area contributed by atoms with Crippen LogP contribution in [0.3, 0.4) is 0 Å². The Labute approximate surface area is 317 Å². The van der Waals surface area contributed by atoms with Crippen molar-refractivity contribution in [3.05, 3.63) is 161 Å². The van der Waals surface area contributed by atoms with E-state index in [1.807, 2.05) is 72.4 Å². The molecular formula is C41H35F6N3O2S2. The molecule has 280 valence electrons. The van der Waals surface area contributed by atoms with Gasteiger partial charge >= 0.3 is 12.4 Å². The van der Waals surface area contributed by atoms with Crippen LogP contribution in [0.5, 0.6) is 5.75 Å². The number of halogens is 6. The number of hydrogen-bond donors (Lipinski definition) is 1. The molecule has 6 aromatic rings. The second-order valence-corrected chi connectivity index (χ2v) is 14.5. The molecule has 1 N–H and O–H groups in total. The zero-order valence-electron chi connectivity index (χ0n) is 29.0. The standard InChI is InChI=1S/C41H35F6N3O2S2/c1-52-34-7-5-6-29(22-34)26-49(20-21-53-35-8-3-2-4-9-35)25-28-10-15-36(16-11-28)54-48-39(51)31-13-17-38-30(23-31)18-19-50(38)27-32-12-14-33(40(42,43)44)24-37(32)41(45,46)47/h2-19,22-24H,20-21,25-27H2,1H3,(H,48,51). The number of amides is 1. The van der Waals surface area contributed by atoms with E-state index in [4.69, 9.17) is 4.74 Å². The van der Waals surface area contributed by atoms with Crippen molar-refractivity contribution < 1.29 is 35.9 Å². The van der Waals surface area contributed by atoms with Crippen molar-refractivity contribution in [1.82, 2.24) is 14.2 Å². The number of carbonyl (C=O) groups excluding carboxylic acids is 1. The molecule has 54 heavy (non-hydrogen) atoms. The summed E-state index contributed by atoms with van der Waals surface area (Å²) in [5.41, 5.74) is 0.133. The van der Waals surface area contributed by atoms with Crippen molar-refractivity contribution in [2.24, 2.45) is 0 Å². The molecule has 0 atom stereocenters. The minimum absolute atomic E-state index is 0.140. The largest absolute Gasteiger partial charge is 0.497 e. The minimum atomic E-state index is -4.97. The molecule has 0 aliphatic rings. The van der Waals surface area contributed by atoms with Crippen LogP contribution in [0.15, 0.2) is 137 Å². The number of alkyl halides is 6. The molecule has 1 aromatic heterocycles. The normalized spacial score (nSPS) is 12.0. The summed E-state index contributed by atoms with van der Waals surface area (Å²) in [7, 11) is 1.66. The summed E-state index contributed by atoms with van der Waals surface area (Å²) in [5, 5.41) is 0.596. The van der Waals surface area contributed by atoms with Crippen LogP contribution in [0.1, 0.15) is 38.2 Å². The average Bonchev–Trinajstić information content (AvgIpc) is 3.55. The second-order valence-electron chi connectivity index (χ2n) is 12.5.